The number of nitrogens with zero attached hydrogens (tertiary/aromatic N) is 1. The van der Waals surface area contributed by atoms with E-state index in [4.69, 9.17) is 16.3 Å². The molecular weight excluding hydrogens is 420 g/mol. The fourth-order valence-corrected chi connectivity index (χ4v) is 3.95. The second kappa shape index (κ2) is 10.9. The molecule has 31 heavy (non-hydrogen) atoms. The SMILES string of the molecule is O=C(COCC(=O)N(c1ccccc1)C1CCCCC1)Nc1ccc(Cl)cc1C(=O)O. The van der Waals surface area contributed by atoms with Crippen molar-refractivity contribution in [3.8, 4) is 0 Å². The number of amides is 2. The van der Waals surface area contributed by atoms with Crippen LogP contribution in [-0.2, 0) is 14.3 Å². The summed E-state index contributed by atoms with van der Waals surface area (Å²) in [7, 11) is 0. The van der Waals surface area contributed by atoms with Crippen molar-refractivity contribution in [2.45, 2.75) is 38.1 Å². The molecule has 1 aliphatic carbocycles. The third-order valence-electron chi connectivity index (χ3n) is 5.19. The molecule has 2 N–H and O–H groups in total. The fourth-order valence-electron chi connectivity index (χ4n) is 3.78. The van der Waals surface area contributed by atoms with E-state index in [1.165, 1.54) is 24.6 Å². The van der Waals surface area contributed by atoms with Crippen molar-refractivity contribution in [1.29, 1.82) is 0 Å². The minimum atomic E-state index is -1.21. The lowest BCUT2D eigenvalue weighted by molar-refractivity contribution is -0.127. The molecule has 0 aromatic heterocycles. The van der Waals surface area contributed by atoms with Gasteiger partial charge in [-0.25, -0.2) is 4.79 Å². The molecule has 2 amide bonds. The second-order valence-corrected chi connectivity index (χ2v) is 7.86. The first-order chi connectivity index (χ1) is 15.0. The van der Waals surface area contributed by atoms with Gasteiger partial charge in [0.15, 0.2) is 0 Å². The second-order valence-electron chi connectivity index (χ2n) is 7.43. The lowest BCUT2D eigenvalue weighted by Crippen LogP contribution is -2.43. The summed E-state index contributed by atoms with van der Waals surface area (Å²) in [5.41, 5.74) is 0.814. The van der Waals surface area contributed by atoms with Crippen LogP contribution in [0.1, 0.15) is 42.5 Å². The molecule has 1 fully saturated rings. The predicted octanol–water partition coefficient (Wildman–Crippen LogP) is 4.36. The zero-order chi connectivity index (χ0) is 22.2. The third kappa shape index (κ3) is 6.29. The monoisotopic (exact) mass is 444 g/mol. The number of hydrogen-bond acceptors (Lipinski definition) is 4. The van der Waals surface area contributed by atoms with E-state index >= 15 is 0 Å². The van der Waals surface area contributed by atoms with Crippen LogP contribution in [0, 0.1) is 0 Å². The molecule has 7 nitrogen and oxygen atoms in total. The molecule has 0 atom stereocenters. The van der Waals surface area contributed by atoms with Crippen molar-refractivity contribution >= 4 is 40.8 Å². The summed E-state index contributed by atoms with van der Waals surface area (Å²) in [6.45, 7) is -0.619. The van der Waals surface area contributed by atoms with E-state index in [2.05, 4.69) is 5.32 Å². The number of carbonyl (C=O) groups excluding carboxylic acids is 2. The summed E-state index contributed by atoms with van der Waals surface area (Å²) in [6, 6.07) is 13.7. The van der Waals surface area contributed by atoms with Gasteiger partial charge in [0.05, 0.1) is 11.3 Å². The molecule has 0 radical (unpaired) electrons. The van der Waals surface area contributed by atoms with E-state index in [1.807, 2.05) is 30.3 Å². The number of benzene rings is 2. The van der Waals surface area contributed by atoms with E-state index in [1.54, 1.807) is 4.90 Å². The maximum Gasteiger partial charge on any atom is 0.337 e. The highest BCUT2D eigenvalue weighted by atomic mass is 35.5. The molecule has 3 rings (SSSR count). The van der Waals surface area contributed by atoms with Gasteiger partial charge in [-0.2, -0.15) is 0 Å². The Bertz CT molecular complexity index is 929. The Labute approximate surface area is 186 Å². The lowest BCUT2D eigenvalue weighted by atomic mass is 9.93. The van der Waals surface area contributed by atoms with Gasteiger partial charge in [-0.3, -0.25) is 9.59 Å². The summed E-state index contributed by atoms with van der Waals surface area (Å²) < 4.78 is 5.37. The summed E-state index contributed by atoms with van der Waals surface area (Å²) in [6.07, 6.45) is 5.22. The summed E-state index contributed by atoms with van der Waals surface area (Å²) >= 11 is 5.82. The molecule has 0 bridgehead atoms. The maximum absolute atomic E-state index is 12.9. The van der Waals surface area contributed by atoms with Gasteiger partial charge in [-0.05, 0) is 43.2 Å². The van der Waals surface area contributed by atoms with Gasteiger partial charge in [0, 0.05) is 16.8 Å². The van der Waals surface area contributed by atoms with Crippen LogP contribution in [0.15, 0.2) is 48.5 Å². The number of carboxylic acid groups (broad SMARTS) is 1. The quantitative estimate of drug-likeness (QED) is 0.630. The first kappa shape index (κ1) is 22.8. The highest BCUT2D eigenvalue weighted by molar-refractivity contribution is 6.31. The predicted molar refractivity (Wildman–Crippen MR) is 119 cm³/mol. The Morgan fingerprint density at radius 2 is 1.74 bits per heavy atom. The number of anilines is 2. The van der Waals surface area contributed by atoms with Crippen molar-refractivity contribution < 1.29 is 24.2 Å². The van der Waals surface area contributed by atoms with E-state index < -0.39 is 11.9 Å². The Morgan fingerprint density at radius 1 is 1.03 bits per heavy atom. The van der Waals surface area contributed by atoms with Gasteiger partial charge >= 0.3 is 5.97 Å². The zero-order valence-corrected chi connectivity index (χ0v) is 17.8. The van der Waals surface area contributed by atoms with Crippen molar-refractivity contribution in [3.63, 3.8) is 0 Å². The smallest absolute Gasteiger partial charge is 0.337 e. The number of hydrogen-bond donors (Lipinski definition) is 2. The Balaban J connectivity index is 1.59. The number of rotatable bonds is 8. The molecule has 164 valence electrons. The minimum Gasteiger partial charge on any atom is -0.478 e. The first-order valence-electron chi connectivity index (χ1n) is 10.2. The molecule has 1 saturated carbocycles. The molecule has 0 unspecified atom stereocenters. The lowest BCUT2D eigenvalue weighted by Gasteiger charge is -2.34. The number of para-hydroxylation sites is 1. The standard InChI is InChI=1S/C23H25ClN2O5/c24-16-11-12-20(19(13-16)23(29)30)25-21(27)14-31-15-22(28)26(17-7-3-1-4-8-17)18-9-5-2-6-10-18/h1,3-4,7-8,11-13,18H,2,5-6,9-10,14-15H2,(H,25,27)(H,29,30). The highest BCUT2D eigenvalue weighted by Crippen LogP contribution is 2.27. The van der Waals surface area contributed by atoms with Crippen LogP contribution < -0.4 is 10.2 Å². The molecule has 0 saturated heterocycles. The van der Waals surface area contributed by atoms with Crippen LogP contribution in [0.4, 0.5) is 11.4 Å². The van der Waals surface area contributed by atoms with Crippen molar-refractivity contribution in [3.05, 3.63) is 59.1 Å². The molecule has 0 spiro atoms. The molecule has 0 heterocycles. The van der Waals surface area contributed by atoms with Gasteiger partial charge in [0.1, 0.15) is 13.2 Å². The van der Waals surface area contributed by atoms with E-state index in [0.717, 1.165) is 31.4 Å². The number of halogens is 1. The van der Waals surface area contributed by atoms with Gasteiger partial charge in [-0.15, -0.1) is 0 Å². The number of carbonyl (C=O) groups is 3. The minimum absolute atomic E-state index is 0.116. The van der Waals surface area contributed by atoms with E-state index in [-0.39, 0.29) is 41.4 Å². The normalized spacial score (nSPS) is 14.1. The van der Waals surface area contributed by atoms with Crippen molar-refractivity contribution in [1.82, 2.24) is 0 Å². The Kier molecular flexibility index (Phi) is 8.03. The number of aromatic carboxylic acids is 1. The maximum atomic E-state index is 12.9. The van der Waals surface area contributed by atoms with E-state index in [0.29, 0.717) is 0 Å². The van der Waals surface area contributed by atoms with Crippen LogP contribution in [0.3, 0.4) is 0 Å². The highest BCUT2D eigenvalue weighted by Gasteiger charge is 2.27. The van der Waals surface area contributed by atoms with Gasteiger partial charge in [-0.1, -0.05) is 49.1 Å². The average molecular weight is 445 g/mol. The first-order valence-corrected chi connectivity index (χ1v) is 10.6. The van der Waals surface area contributed by atoms with Crippen LogP contribution in [-0.4, -0.2) is 42.1 Å². The van der Waals surface area contributed by atoms with Crippen LogP contribution in [0.2, 0.25) is 5.02 Å². The molecular formula is C23H25ClN2O5. The average Bonchev–Trinajstić information content (AvgIpc) is 2.76. The summed E-state index contributed by atoms with van der Waals surface area (Å²) in [5, 5.41) is 12.0. The van der Waals surface area contributed by atoms with Crippen LogP contribution in [0.5, 0.6) is 0 Å². The third-order valence-corrected chi connectivity index (χ3v) is 5.42. The number of carboxylic acids is 1. The Hall–Kier alpha value is -2.90. The Morgan fingerprint density at radius 3 is 2.42 bits per heavy atom. The van der Waals surface area contributed by atoms with Crippen molar-refractivity contribution in [2.75, 3.05) is 23.4 Å². The fraction of sp³-hybridized carbons (Fsp3) is 0.348. The molecule has 2 aromatic carbocycles. The van der Waals surface area contributed by atoms with Gasteiger partial charge in [0.25, 0.3) is 5.91 Å². The number of ether oxygens (including phenoxy) is 1. The van der Waals surface area contributed by atoms with Gasteiger partial charge in [0.2, 0.25) is 5.91 Å². The summed E-state index contributed by atoms with van der Waals surface area (Å²) in [5.74, 6) is -1.97. The van der Waals surface area contributed by atoms with Crippen molar-refractivity contribution in [2.24, 2.45) is 0 Å². The number of nitrogens with one attached hydrogen (secondary N) is 1. The summed E-state index contributed by atoms with van der Waals surface area (Å²) in [4.78, 5) is 38.3. The molecule has 8 heteroatoms. The largest absolute Gasteiger partial charge is 0.478 e. The van der Waals surface area contributed by atoms with Crippen LogP contribution >= 0.6 is 11.6 Å². The zero-order valence-electron chi connectivity index (χ0n) is 17.1. The molecule has 1 aliphatic rings. The van der Waals surface area contributed by atoms with Gasteiger partial charge < -0.3 is 20.1 Å². The van der Waals surface area contributed by atoms with Crippen LogP contribution in [0.25, 0.3) is 0 Å². The topological polar surface area (TPSA) is 95.9 Å². The van der Waals surface area contributed by atoms with E-state index in [9.17, 15) is 19.5 Å². The molecule has 0 aliphatic heterocycles. The molecule has 2 aromatic rings.